The number of carbonyl (C=O) groups excluding carboxylic acids is 2. The van der Waals surface area contributed by atoms with Gasteiger partial charge in [-0.1, -0.05) is 12.1 Å². The normalized spacial score (nSPS) is 28.9. The smallest absolute Gasteiger partial charge is 0.331 e. The number of hydrogen-bond donors (Lipinski definition) is 0. The summed E-state index contributed by atoms with van der Waals surface area (Å²) in [6, 6.07) is 7.73. The Hall–Kier alpha value is -2.10. The Morgan fingerprint density at radius 2 is 2.00 bits per heavy atom. The molecule has 1 saturated heterocycles. The van der Waals surface area contributed by atoms with Crippen LogP contribution in [0.4, 0.5) is 5.69 Å². The molecule has 4 heteroatoms. The lowest BCUT2D eigenvalue weighted by Crippen LogP contribution is -2.23. The molecular formula is C20H23NO3. The Morgan fingerprint density at radius 1 is 1.17 bits per heavy atom. The van der Waals surface area contributed by atoms with Gasteiger partial charge in [-0.05, 0) is 67.7 Å². The lowest BCUT2D eigenvalue weighted by atomic mass is 9.98. The van der Waals surface area contributed by atoms with Crippen LogP contribution in [0.3, 0.4) is 0 Å². The summed E-state index contributed by atoms with van der Waals surface area (Å²) in [5, 5.41) is 0. The van der Waals surface area contributed by atoms with E-state index in [4.69, 9.17) is 4.74 Å². The molecule has 3 atom stereocenters. The molecule has 1 aromatic carbocycles. The maximum absolute atomic E-state index is 12.0. The zero-order valence-electron chi connectivity index (χ0n) is 13.8. The fourth-order valence-corrected chi connectivity index (χ4v) is 4.37. The van der Waals surface area contributed by atoms with Gasteiger partial charge in [-0.25, -0.2) is 4.79 Å². The predicted octanol–water partition coefficient (Wildman–Crippen LogP) is 3.56. The van der Waals surface area contributed by atoms with Gasteiger partial charge < -0.3 is 9.64 Å². The summed E-state index contributed by atoms with van der Waals surface area (Å²) < 4.78 is 5.61. The van der Waals surface area contributed by atoms with Crippen LogP contribution in [0.5, 0.6) is 0 Å². The number of carbonyl (C=O) groups is 2. The van der Waals surface area contributed by atoms with Gasteiger partial charge in [0.15, 0.2) is 0 Å². The first-order valence-corrected chi connectivity index (χ1v) is 8.98. The molecule has 1 aromatic rings. The van der Waals surface area contributed by atoms with Crippen molar-refractivity contribution in [2.45, 2.75) is 44.6 Å². The van der Waals surface area contributed by atoms with E-state index in [9.17, 15) is 9.59 Å². The largest absolute Gasteiger partial charge is 0.459 e. The second-order valence-electron chi connectivity index (χ2n) is 7.22. The van der Waals surface area contributed by atoms with Gasteiger partial charge in [0.25, 0.3) is 0 Å². The summed E-state index contributed by atoms with van der Waals surface area (Å²) in [5.74, 6) is 1.31. The number of ether oxygens (including phenoxy) is 1. The van der Waals surface area contributed by atoms with E-state index in [2.05, 4.69) is 0 Å². The van der Waals surface area contributed by atoms with E-state index in [1.54, 1.807) is 6.08 Å². The third-order valence-electron chi connectivity index (χ3n) is 5.63. The summed E-state index contributed by atoms with van der Waals surface area (Å²) in [7, 11) is 0. The van der Waals surface area contributed by atoms with Crippen LogP contribution < -0.4 is 4.90 Å². The highest BCUT2D eigenvalue weighted by Crippen LogP contribution is 2.45. The van der Waals surface area contributed by atoms with E-state index in [0.717, 1.165) is 36.6 Å². The topological polar surface area (TPSA) is 46.6 Å². The van der Waals surface area contributed by atoms with E-state index in [1.165, 1.54) is 25.3 Å². The van der Waals surface area contributed by atoms with Crippen molar-refractivity contribution < 1.29 is 14.3 Å². The van der Waals surface area contributed by atoms with Gasteiger partial charge in [0.1, 0.15) is 6.10 Å². The first kappa shape index (κ1) is 15.4. The SMILES string of the molecule is O=C(/C=C\c1ccc(N2CCCC2=O)cc1)O[C@H]1C[C@H]2CC[C@H]1C2. The Balaban J connectivity index is 1.33. The average Bonchev–Trinajstić information content (AvgIpc) is 3.30. The summed E-state index contributed by atoms with van der Waals surface area (Å²) in [6.45, 7) is 0.796. The van der Waals surface area contributed by atoms with Crippen molar-refractivity contribution >= 4 is 23.6 Å². The van der Waals surface area contributed by atoms with E-state index < -0.39 is 0 Å². The molecule has 1 aliphatic heterocycles. The van der Waals surface area contributed by atoms with Crippen LogP contribution in [-0.4, -0.2) is 24.5 Å². The van der Waals surface area contributed by atoms with Crippen LogP contribution in [0.2, 0.25) is 0 Å². The van der Waals surface area contributed by atoms with Crippen molar-refractivity contribution in [2.75, 3.05) is 11.4 Å². The van der Waals surface area contributed by atoms with E-state index in [-0.39, 0.29) is 18.0 Å². The van der Waals surface area contributed by atoms with E-state index >= 15 is 0 Å². The quantitative estimate of drug-likeness (QED) is 0.628. The van der Waals surface area contributed by atoms with Gasteiger partial charge in [-0.15, -0.1) is 0 Å². The number of benzene rings is 1. The van der Waals surface area contributed by atoms with Crippen molar-refractivity contribution in [1.29, 1.82) is 0 Å². The Kier molecular flexibility index (Phi) is 4.13. The number of esters is 1. The molecule has 126 valence electrons. The van der Waals surface area contributed by atoms with Crippen LogP contribution in [0.15, 0.2) is 30.3 Å². The van der Waals surface area contributed by atoms with Crippen molar-refractivity contribution in [2.24, 2.45) is 11.8 Å². The lowest BCUT2D eigenvalue weighted by molar-refractivity contribution is -0.145. The standard InChI is InChI=1S/C20H23NO3/c22-19-2-1-11-21(19)17-8-4-14(5-9-17)6-10-20(23)24-18-13-15-3-7-16(18)12-15/h4-6,8-10,15-16,18H,1-3,7,11-13H2/b10-6-/t15-,16-,18-/m0/s1. The molecule has 4 nitrogen and oxygen atoms in total. The fraction of sp³-hybridized carbons (Fsp3) is 0.500. The molecule has 2 saturated carbocycles. The molecule has 0 radical (unpaired) electrons. The fourth-order valence-electron chi connectivity index (χ4n) is 4.37. The number of amides is 1. The van der Waals surface area contributed by atoms with E-state index in [0.29, 0.717) is 12.3 Å². The molecule has 0 spiro atoms. The second-order valence-corrected chi connectivity index (χ2v) is 7.22. The molecule has 3 aliphatic rings. The molecule has 2 bridgehead atoms. The van der Waals surface area contributed by atoms with Crippen LogP contribution in [0.1, 0.15) is 44.1 Å². The summed E-state index contributed by atoms with van der Waals surface area (Å²) >= 11 is 0. The number of rotatable bonds is 4. The number of anilines is 1. The minimum Gasteiger partial charge on any atom is -0.459 e. The molecule has 2 aliphatic carbocycles. The average molecular weight is 325 g/mol. The molecule has 1 amide bonds. The molecule has 0 N–H and O–H groups in total. The Labute approximate surface area is 142 Å². The van der Waals surface area contributed by atoms with Gasteiger partial charge >= 0.3 is 5.97 Å². The van der Waals surface area contributed by atoms with Crippen LogP contribution in [0, 0.1) is 11.8 Å². The van der Waals surface area contributed by atoms with Crippen LogP contribution in [-0.2, 0) is 14.3 Å². The minimum atomic E-state index is -0.244. The number of hydrogen-bond acceptors (Lipinski definition) is 3. The summed E-state index contributed by atoms with van der Waals surface area (Å²) in [4.78, 5) is 25.6. The second kappa shape index (κ2) is 6.42. The van der Waals surface area contributed by atoms with Crippen LogP contribution in [0.25, 0.3) is 6.08 Å². The number of fused-ring (bicyclic) bond motifs is 2. The highest BCUT2D eigenvalue weighted by molar-refractivity contribution is 5.95. The van der Waals surface area contributed by atoms with Gasteiger partial charge in [0, 0.05) is 24.7 Å². The lowest BCUT2D eigenvalue weighted by Gasteiger charge is -2.21. The Bertz CT molecular complexity index is 664. The molecule has 4 rings (SSSR count). The Morgan fingerprint density at radius 3 is 2.62 bits per heavy atom. The highest BCUT2D eigenvalue weighted by Gasteiger charge is 2.41. The van der Waals surface area contributed by atoms with Crippen molar-refractivity contribution in [3.05, 3.63) is 35.9 Å². The summed E-state index contributed by atoms with van der Waals surface area (Å²) in [5.41, 5.74) is 1.87. The zero-order valence-corrected chi connectivity index (χ0v) is 13.8. The maximum Gasteiger partial charge on any atom is 0.331 e. The zero-order chi connectivity index (χ0) is 16.5. The monoisotopic (exact) mass is 325 g/mol. The van der Waals surface area contributed by atoms with Gasteiger partial charge in [-0.2, -0.15) is 0 Å². The van der Waals surface area contributed by atoms with Crippen molar-refractivity contribution in [3.63, 3.8) is 0 Å². The highest BCUT2D eigenvalue weighted by atomic mass is 16.5. The molecule has 24 heavy (non-hydrogen) atoms. The van der Waals surface area contributed by atoms with Gasteiger partial charge in [-0.3, -0.25) is 4.79 Å². The first-order valence-electron chi connectivity index (χ1n) is 8.98. The van der Waals surface area contributed by atoms with Gasteiger partial charge in [0.2, 0.25) is 5.91 Å². The minimum absolute atomic E-state index is 0.129. The molecule has 1 heterocycles. The summed E-state index contributed by atoms with van der Waals surface area (Å²) in [6.07, 6.45) is 9.79. The van der Waals surface area contributed by atoms with Crippen molar-refractivity contribution in [3.8, 4) is 0 Å². The predicted molar refractivity (Wildman–Crippen MR) is 92.4 cm³/mol. The van der Waals surface area contributed by atoms with Crippen molar-refractivity contribution in [1.82, 2.24) is 0 Å². The third-order valence-corrected chi connectivity index (χ3v) is 5.63. The molecule has 3 fully saturated rings. The molecule has 0 unspecified atom stereocenters. The molecule has 0 aromatic heterocycles. The van der Waals surface area contributed by atoms with Gasteiger partial charge in [0.05, 0.1) is 0 Å². The maximum atomic E-state index is 12.0. The number of nitrogens with zero attached hydrogens (tertiary/aromatic N) is 1. The third kappa shape index (κ3) is 3.10. The van der Waals surface area contributed by atoms with E-state index in [1.807, 2.05) is 29.2 Å². The van der Waals surface area contributed by atoms with Crippen LogP contribution >= 0.6 is 0 Å². The molecular weight excluding hydrogens is 302 g/mol. The first-order chi connectivity index (χ1) is 11.7.